The van der Waals surface area contributed by atoms with E-state index < -0.39 is 0 Å². The Morgan fingerprint density at radius 1 is 1.23 bits per heavy atom. The Morgan fingerprint density at radius 3 is 2.00 bits per heavy atom. The Balaban J connectivity index is 4.40. The molecule has 0 aliphatic rings. The quantitative estimate of drug-likeness (QED) is 0.697. The standard InChI is InChI=1S/C12H23N/c1-8-9(2)10(3)13-11(4)12(5,6)7/h13H,4,8H2,1-3,5-7H3/b10-9+. The van der Waals surface area contributed by atoms with Gasteiger partial charge in [0, 0.05) is 16.8 Å². The maximum absolute atomic E-state index is 4.04. The van der Waals surface area contributed by atoms with Gasteiger partial charge in [0.25, 0.3) is 0 Å². The maximum atomic E-state index is 4.04. The highest BCUT2D eigenvalue weighted by Gasteiger charge is 2.14. The van der Waals surface area contributed by atoms with Crippen LogP contribution in [0, 0.1) is 5.41 Å². The van der Waals surface area contributed by atoms with Gasteiger partial charge in [0.05, 0.1) is 0 Å². The molecule has 0 rings (SSSR count). The normalized spacial score (nSPS) is 13.7. The van der Waals surface area contributed by atoms with Crippen LogP contribution in [0.3, 0.4) is 0 Å². The average molecular weight is 181 g/mol. The minimum Gasteiger partial charge on any atom is -0.363 e. The molecule has 0 atom stereocenters. The fourth-order valence-electron chi connectivity index (χ4n) is 0.786. The topological polar surface area (TPSA) is 12.0 Å². The molecule has 0 spiro atoms. The fraction of sp³-hybridized carbons (Fsp3) is 0.667. The van der Waals surface area contributed by atoms with Crippen molar-refractivity contribution < 1.29 is 0 Å². The van der Waals surface area contributed by atoms with E-state index in [9.17, 15) is 0 Å². The van der Waals surface area contributed by atoms with Crippen LogP contribution in [0.5, 0.6) is 0 Å². The monoisotopic (exact) mass is 181 g/mol. The Morgan fingerprint density at radius 2 is 1.69 bits per heavy atom. The number of hydrogen-bond acceptors (Lipinski definition) is 1. The van der Waals surface area contributed by atoms with Crippen molar-refractivity contribution in [1.82, 2.24) is 5.32 Å². The summed E-state index contributed by atoms with van der Waals surface area (Å²) in [7, 11) is 0. The van der Waals surface area contributed by atoms with E-state index in [4.69, 9.17) is 0 Å². The van der Waals surface area contributed by atoms with E-state index in [-0.39, 0.29) is 5.41 Å². The van der Waals surface area contributed by atoms with Crippen LogP contribution in [0.4, 0.5) is 0 Å². The van der Waals surface area contributed by atoms with Crippen LogP contribution in [0.2, 0.25) is 0 Å². The molecule has 13 heavy (non-hydrogen) atoms. The lowest BCUT2D eigenvalue weighted by Crippen LogP contribution is -2.22. The minimum atomic E-state index is 0.134. The van der Waals surface area contributed by atoms with Gasteiger partial charge in [0.2, 0.25) is 0 Å². The zero-order chi connectivity index (χ0) is 10.6. The van der Waals surface area contributed by atoms with Crippen LogP contribution in [0.15, 0.2) is 23.5 Å². The molecule has 0 aliphatic carbocycles. The summed E-state index contributed by atoms with van der Waals surface area (Å²) in [5.41, 5.74) is 3.85. The van der Waals surface area contributed by atoms with Crippen LogP contribution in [-0.4, -0.2) is 0 Å². The number of rotatable bonds is 3. The Labute approximate surface area is 82.9 Å². The number of allylic oxidation sites excluding steroid dienone is 3. The van der Waals surface area contributed by atoms with Gasteiger partial charge in [-0.3, -0.25) is 0 Å². The van der Waals surface area contributed by atoms with Crippen molar-refractivity contribution >= 4 is 0 Å². The number of hydrogen-bond donors (Lipinski definition) is 1. The first-order valence-corrected chi connectivity index (χ1v) is 4.91. The first-order chi connectivity index (χ1) is 5.79. The highest BCUT2D eigenvalue weighted by Crippen LogP contribution is 2.22. The van der Waals surface area contributed by atoms with Crippen LogP contribution in [0.25, 0.3) is 0 Å². The molecule has 0 aromatic rings. The Bertz CT molecular complexity index is 216. The Kier molecular flexibility index (Phi) is 4.25. The molecular formula is C12H23N. The largest absolute Gasteiger partial charge is 0.363 e. The molecule has 0 amide bonds. The van der Waals surface area contributed by atoms with Crippen LogP contribution in [0.1, 0.15) is 48.0 Å². The van der Waals surface area contributed by atoms with E-state index in [0.29, 0.717) is 0 Å². The highest BCUT2D eigenvalue weighted by molar-refractivity contribution is 5.16. The van der Waals surface area contributed by atoms with Gasteiger partial charge in [-0.2, -0.15) is 0 Å². The summed E-state index contributed by atoms with van der Waals surface area (Å²) < 4.78 is 0. The SMILES string of the molecule is C=C(N/C(C)=C(\C)CC)C(C)(C)C. The van der Waals surface area contributed by atoms with E-state index in [2.05, 4.69) is 53.4 Å². The van der Waals surface area contributed by atoms with E-state index in [1.54, 1.807) is 0 Å². The van der Waals surface area contributed by atoms with Crippen LogP contribution >= 0.6 is 0 Å². The predicted octanol–water partition coefficient (Wildman–Crippen LogP) is 3.84. The van der Waals surface area contributed by atoms with Gasteiger partial charge in [0.15, 0.2) is 0 Å². The van der Waals surface area contributed by atoms with E-state index >= 15 is 0 Å². The van der Waals surface area contributed by atoms with E-state index in [0.717, 1.165) is 12.1 Å². The third-order valence-electron chi connectivity index (χ3n) is 2.41. The molecule has 0 unspecified atom stereocenters. The lowest BCUT2D eigenvalue weighted by molar-refractivity contribution is 0.475. The van der Waals surface area contributed by atoms with Crippen molar-refractivity contribution in [2.24, 2.45) is 5.41 Å². The summed E-state index contributed by atoms with van der Waals surface area (Å²) in [4.78, 5) is 0. The molecule has 0 aromatic heterocycles. The van der Waals surface area contributed by atoms with Gasteiger partial charge in [0.1, 0.15) is 0 Å². The summed E-state index contributed by atoms with van der Waals surface area (Å²) in [6, 6.07) is 0. The first-order valence-electron chi connectivity index (χ1n) is 4.91. The van der Waals surface area contributed by atoms with Crippen molar-refractivity contribution in [1.29, 1.82) is 0 Å². The second kappa shape index (κ2) is 4.50. The molecule has 1 heteroatoms. The molecule has 0 fully saturated rings. The van der Waals surface area contributed by atoms with Crippen molar-refractivity contribution in [3.63, 3.8) is 0 Å². The average Bonchev–Trinajstić information content (AvgIpc) is 2.01. The molecule has 0 aliphatic heterocycles. The zero-order valence-electron chi connectivity index (χ0n) is 9.91. The first kappa shape index (κ1) is 12.3. The number of nitrogens with one attached hydrogen (secondary N) is 1. The second-order valence-corrected chi connectivity index (χ2v) is 4.61. The van der Waals surface area contributed by atoms with Crippen molar-refractivity contribution in [3.05, 3.63) is 23.5 Å². The van der Waals surface area contributed by atoms with Gasteiger partial charge >= 0.3 is 0 Å². The molecule has 76 valence electrons. The van der Waals surface area contributed by atoms with Crippen LogP contribution in [-0.2, 0) is 0 Å². The molecule has 0 bridgehead atoms. The van der Waals surface area contributed by atoms with Gasteiger partial charge < -0.3 is 5.32 Å². The summed E-state index contributed by atoms with van der Waals surface area (Å²) in [6.45, 7) is 17.0. The molecule has 0 saturated heterocycles. The van der Waals surface area contributed by atoms with Crippen molar-refractivity contribution in [3.8, 4) is 0 Å². The van der Waals surface area contributed by atoms with Gasteiger partial charge in [-0.05, 0) is 20.3 Å². The molecule has 0 heterocycles. The summed E-state index contributed by atoms with van der Waals surface area (Å²) >= 11 is 0. The summed E-state index contributed by atoms with van der Waals surface area (Å²) in [6.07, 6.45) is 1.09. The summed E-state index contributed by atoms with van der Waals surface area (Å²) in [5.74, 6) is 0. The van der Waals surface area contributed by atoms with E-state index in [1.807, 2.05) is 0 Å². The Hall–Kier alpha value is -0.720. The highest BCUT2D eigenvalue weighted by atomic mass is 14.9. The second-order valence-electron chi connectivity index (χ2n) is 4.61. The third kappa shape index (κ3) is 4.16. The molecular weight excluding hydrogens is 158 g/mol. The lowest BCUT2D eigenvalue weighted by atomic mass is 9.92. The smallest absolute Gasteiger partial charge is 0.0130 e. The summed E-state index contributed by atoms with van der Waals surface area (Å²) in [5, 5.41) is 3.36. The van der Waals surface area contributed by atoms with Crippen LogP contribution < -0.4 is 5.32 Å². The minimum absolute atomic E-state index is 0.134. The molecule has 0 radical (unpaired) electrons. The van der Waals surface area contributed by atoms with Gasteiger partial charge in [-0.25, -0.2) is 0 Å². The molecule has 1 nitrogen and oxygen atoms in total. The molecule has 1 N–H and O–H groups in total. The predicted molar refractivity (Wildman–Crippen MR) is 60.4 cm³/mol. The maximum Gasteiger partial charge on any atom is 0.0130 e. The van der Waals surface area contributed by atoms with Crippen molar-refractivity contribution in [2.45, 2.75) is 48.0 Å². The third-order valence-corrected chi connectivity index (χ3v) is 2.41. The lowest BCUT2D eigenvalue weighted by Gasteiger charge is -2.24. The molecule has 0 saturated carbocycles. The molecule has 0 aromatic carbocycles. The zero-order valence-corrected chi connectivity index (χ0v) is 9.91. The van der Waals surface area contributed by atoms with E-state index in [1.165, 1.54) is 11.3 Å². The van der Waals surface area contributed by atoms with Gasteiger partial charge in [-0.15, -0.1) is 0 Å². The van der Waals surface area contributed by atoms with Gasteiger partial charge in [-0.1, -0.05) is 39.8 Å². The van der Waals surface area contributed by atoms with Crippen molar-refractivity contribution in [2.75, 3.05) is 0 Å². The fourth-order valence-corrected chi connectivity index (χ4v) is 0.786.